The first-order chi connectivity index (χ1) is 10.2. The van der Waals surface area contributed by atoms with Crippen molar-refractivity contribution in [2.45, 2.75) is 26.2 Å². The Labute approximate surface area is 133 Å². The van der Waals surface area contributed by atoms with Gasteiger partial charge in [0, 0.05) is 28.4 Å². The molecule has 0 bridgehead atoms. The first-order valence-electron chi connectivity index (χ1n) is 7.23. The van der Waals surface area contributed by atoms with Crippen molar-refractivity contribution in [3.05, 3.63) is 63.1 Å². The Bertz CT molecular complexity index is 674. The van der Waals surface area contributed by atoms with Gasteiger partial charge in [-0.25, -0.2) is 0 Å². The monoisotopic (exact) mass is 344 g/mol. The summed E-state index contributed by atoms with van der Waals surface area (Å²) in [7, 11) is 0. The molecule has 2 aromatic rings. The van der Waals surface area contributed by atoms with Gasteiger partial charge in [0.15, 0.2) is 5.78 Å². The number of carbonyl (C=O) groups excluding carboxylic acids is 1. The maximum atomic E-state index is 12.5. The molecule has 0 aliphatic carbocycles. The van der Waals surface area contributed by atoms with E-state index in [-0.39, 0.29) is 5.78 Å². The summed E-state index contributed by atoms with van der Waals surface area (Å²) in [6.07, 6.45) is 2.29. The molecule has 0 radical (unpaired) electrons. The number of fused-ring (bicyclic) bond motifs is 1. The van der Waals surface area contributed by atoms with Crippen molar-refractivity contribution in [2.75, 3.05) is 6.61 Å². The van der Waals surface area contributed by atoms with Gasteiger partial charge < -0.3 is 4.74 Å². The fraction of sp³-hybridized carbons (Fsp3) is 0.278. The molecule has 3 rings (SSSR count). The molecule has 2 nitrogen and oxygen atoms in total. The first-order valence-corrected chi connectivity index (χ1v) is 8.03. The zero-order valence-electron chi connectivity index (χ0n) is 12.0. The molecule has 0 unspecified atom stereocenters. The molecule has 0 spiro atoms. The van der Waals surface area contributed by atoms with Crippen LogP contribution in [0.2, 0.25) is 0 Å². The van der Waals surface area contributed by atoms with Crippen LogP contribution in [0.15, 0.2) is 40.9 Å². The number of rotatable bonds is 4. The highest BCUT2D eigenvalue weighted by Crippen LogP contribution is 2.33. The Morgan fingerprint density at radius 2 is 2.00 bits per heavy atom. The number of halogens is 1. The maximum Gasteiger partial charge on any atom is 0.167 e. The van der Waals surface area contributed by atoms with Crippen molar-refractivity contribution in [2.24, 2.45) is 0 Å². The zero-order valence-corrected chi connectivity index (χ0v) is 13.6. The molecule has 3 heteroatoms. The Morgan fingerprint density at radius 3 is 2.71 bits per heavy atom. The second-order valence-electron chi connectivity index (χ2n) is 5.30. The first kappa shape index (κ1) is 14.3. The number of carbonyl (C=O) groups is 1. The lowest BCUT2D eigenvalue weighted by Crippen LogP contribution is -2.05. The summed E-state index contributed by atoms with van der Waals surface area (Å²) in [6, 6.07) is 11.9. The summed E-state index contributed by atoms with van der Waals surface area (Å²) in [5.74, 6) is 1.03. The molecule has 0 fully saturated rings. The largest absolute Gasteiger partial charge is 0.493 e. The van der Waals surface area contributed by atoms with E-state index in [0.29, 0.717) is 13.0 Å². The predicted octanol–water partition coefficient (Wildman–Crippen LogP) is 4.37. The highest BCUT2D eigenvalue weighted by atomic mass is 79.9. The fourth-order valence-electron chi connectivity index (χ4n) is 2.68. The zero-order chi connectivity index (χ0) is 14.8. The summed E-state index contributed by atoms with van der Waals surface area (Å²) in [5, 5.41) is 0. The van der Waals surface area contributed by atoms with Crippen LogP contribution in [0.4, 0.5) is 0 Å². The van der Waals surface area contributed by atoms with Crippen molar-refractivity contribution in [1.29, 1.82) is 0 Å². The molecular formula is C18H17BrO2. The Morgan fingerprint density at radius 1 is 1.24 bits per heavy atom. The maximum absolute atomic E-state index is 12.5. The molecule has 1 aliphatic rings. The minimum absolute atomic E-state index is 0.133. The normalized spacial score (nSPS) is 12.9. The third-order valence-corrected chi connectivity index (χ3v) is 4.32. The summed E-state index contributed by atoms with van der Waals surface area (Å²) >= 11 is 3.51. The fourth-order valence-corrected chi connectivity index (χ4v) is 3.23. The van der Waals surface area contributed by atoms with Crippen molar-refractivity contribution in [3.63, 3.8) is 0 Å². The van der Waals surface area contributed by atoms with Gasteiger partial charge in [0.05, 0.1) is 6.61 Å². The number of hydrogen-bond donors (Lipinski definition) is 0. The number of ether oxygens (including phenoxy) is 1. The summed E-state index contributed by atoms with van der Waals surface area (Å²) < 4.78 is 6.69. The van der Waals surface area contributed by atoms with E-state index in [2.05, 4.69) is 28.9 Å². The van der Waals surface area contributed by atoms with Crippen molar-refractivity contribution in [3.8, 4) is 5.75 Å². The second-order valence-corrected chi connectivity index (χ2v) is 6.22. The van der Waals surface area contributed by atoms with Crippen LogP contribution in [0.25, 0.3) is 0 Å². The molecule has 2 aromatic carbocycles. The Balaban J connectivity index is 1.84. The van der Waals surface area contributed by atoms with E-state index < -0.39 is 0 Å². The third kappa shape index (κ3) is 3.03. The highest BCUT2D eigenvalue weighted by Gasteiger charge is 2.19. The van der Waals surface area contributed by atoms with Crippen LogP contribution in [0.5, 0.6) is 5.75 Å². The average Bonchev–Trinajstić information content (AvgIpc) is 2.95. The molecular weight excluding hydrogens is 328 g/mol. The van der Waals surface area contributed by atoms with E-state index in [0.717, 1.165) is 34.2 Å². The molecule has 0 atom stereocenters. The molecule has 0 amide bonds. The predicted molar refractivity (Wildman–Crippen MR) is 87.2 cm³/mol. The molecule has 21 heavy (non-hydrogen) atoms. The third-order valence-electron chi connectivity index (χ3n) is 3.86. The number of ketones is 1. The van der Waals surface area contributed by atoms with Gasteiger partial charge in [-0.2, -0.15) is 0 Å². The van der Waals surface area contributed by atoms with E-state index in [1.807, 2.05) is 30.3 Å². The van der Waals surface area contributed by atoms with Crippen molar-refractivity contribution >= 4 is 21.7 Å². The molecule has 0 saturated carbocycles. The molecule has 1 aliphatic heterocycles. The second kappa shape index (κ2) is 6.02. The van der Waals surface area contributed by atoms with Gasteiger partial charge in [-0.05, 0) is 29.7 Å². The smallest absolute Gasteiger partial charge is 0.167 e. The van der Waals surface area contributed by atoms with Crippen LogP contribution < -0.4 is 4.74 Å². The molecule has 1 heterocycles. The minimum atomic E-state index is 0.133. The van der Waals surface area contributed by atoms with Gasteiger partial charge in [-0.1, -0.05) is 47.1 Å². The van der Waals surface area contributed by atoms with E-state index in [1.165, 1.54) is 11.1 Å². The lowest BCUT2D eigenvalue weighted by molar-refractivity contribution is 0.0992. The van der Waals surface area contributed by atoms with E-state index in [1.54, 1.807) is 0 Å². The average molecular weight is 345 g/mol. The van der Waals surface area contributed by atoms with Crippen LogP contribution >= 0.6 is 15.9 Å². The van der Waals surface area contributed by atoms with Crippen molar-refractivity contribution < 1.29 is 9.53 Å². The summed E-state index contributed by atoms with van der Waals surface area (Å²) in [5.41, 5.74) is 4.17. The molecule has 0 N–H and O–H groups in total. The minimum Gasteiger partial charge on any atom is -0.493 e. The van der Waals surface area contributed by atoms with Gasteiger partial charge in [0.1, 0.15) is 5.75 Å². The van der Waals surface area contributed by atoms with Crippen LogP contribution in [-0.4, -0.2) is 12.4 Å². The Hall–Kier alpha value is -1.61. The summed E-state index contributed by atoms with van der Waals surface area (Å²) in [6.45, 7) is 2.82. The quantitative estimate of drug-likeness (QED) is 0.769. The van der Waals surface area contributed by atoms with E-state index in [4.69, 9.17) is 4.74 Å². The van der Waals surface area contributed by atoms with Gasteiger partial charge >= 0.3 is 0 Å². The molecule has 0 saturated heterocycles. The number of Topliss-reactive ketones (excluding diaryl/α,β-unsaturated/α-hetero) is 1. The summed E-state index contributed by atoms with van der Waals surface area (Å²) in [4.78, 5) is 12.5. The number of aryl methyl sites for hydroxylation is 1. The lowest BCUT2D eigenvalue weighted by Gasteiger charge is -2.09. The molecule has 0 aromatic heterocycles. The highest BCUT2D eigenvalue weighted by molar-refractivity contribution is 9.10. The molecule has 108 valence electrons. The number of hydrogen-bond acceptors (Lipinski definition) is 2. The topological polar surface area (TPSA) is 26.3 Å². The lowest BCUT2D eigenvalue weighted by atomic mass is 9.99. The van der Waals surface area contributed by atoms with E-state index in [9.17, 15) is 4.79 Å². The van der Waals surface area contributed by atoms with Crippen LogP contribution in [0.3, 0.4) is 0 Å². The number of benzene rings is 2. The SMILES string of the molecule is CCc1ccc(C(=O)Cc2cc(Br)cc3c2OCC3)cc1. The van der Waals surface area contributed by atoms with Crippen LogP contribution in [-0.2, 0) is 19.3 Å². The van der Waals surface area contributed by atoms with E-state index >= 15 is 0 Å². The van der Waals surface area contributed by atoms with Crippen LogP contribution in [0.1, 0.15) is 34.0 Å². The van der Waals surface area contributed by atoms with Gasteiger partial charge in [-0.3, -0.25) is 4.79 Å². The van der Waals surface area contributed by atoms with Crippen molar-refractivity contribution in [1.82, 2.24) is 0 Å². The van der Waals surface area contributed by atoms with Gasteiger partial charge in [0.25, 0.3) is 0 Å². The standard InChI is InChI=1S/C18H17BrO2/c1-2-12-3-5-13(6-4-12)17(20)11-15-10-16(19)9-14-7-8-21-18(14)15/h3-6,9-10H,2,7-8,11H2,1H3. The van der Waals surface area contributed by atoms with Gasteiger partial charge in [0.2, 0.25) is 0 Å². The Kier molecular flexibility index (Phi) is 4.11. The van der Waals surface area contributed by atoms with Gasteiger partial charge in [-0.15, -0.1) is 0 Å². The van der Waals surface area contributed by atoms with Crippen LogP contribution in [0, 0.1) is 0 Å².